The van der Waals surface area contributed by atoms with Crippen LogP contribution in [0.3, 0.4) is 0 Å². The largest absolute Gasteiger partial charge is 0.508 e. The van der Waals surface area contributed by atoms with Crippen LogP contribution in [0.1, 0.15) is 49.6 Å². The summed E-state index contributed by atoms with van der Waals surface area (Å²) in [5.74, 6) is -3.90. The fraction of sp³-hybridized carbons (Fsp3) is 0.212. The summed E-state index contributed by atoms with van der Waals surface area (Å²) in [4.78, 5) is 25.7. The highest BCUT2D eigenvalue weighted by Crippen LogP contribution is 2.46. The van der Waals surface area contributed by atoms with E-state index in [0.29, 0.717) is 17.7 Å². The Morgan fingerprint density at radius 1 is 0.792 bits per heavy atom. The zero-order chi connectivity index (χ0) is 34.5. The summed E-state index contributed by atoms with van der Waals surface area (Å²) in [5, 5.41) is 51.0. The predicted octanol–water partition coefficient (Wildman–Crippen LogP) is 4.95. The van der Waals surface area contributed by atoms with Gasteiger partial charge >= 0.3 is 12.1 Å². The second-order valence-corrected chi connectivity index (χ2v) is 10.8. The summed E-state index contributed by atoms with van der Waals surface area (Å²) in [6.07, 6.45) is -9.94. The van der Waals surface area contributed by atoms with Crippen molar-refractivity contribution in [3.8, 4) is 46.0 Å². The van der Waals surface area contributed by atoms with E-state index in [1.54, 1.807) is 0 Å². The number of fused-ring (bicyclic) bond motifs is 2. The normalized spacial score (nSPS) is 20.0. The van der Waals surface area contributed by atoms with E-state index in [-0.39, 0.29) is 45.6 Å². The van der Waals surface area contributed by atoms with Gasteiger partial charge in [-0.2, -0.15) is 13.2 Å². The van der Waals surface area contributed by atoms with Crippen molar-refractivity contribution in [1.29, 1.82) is 0 Å². The highest BCUT2D eigenvalue weighted by molar-refractivity contribution is 6.05. The van der Waals surface area contributed by atoms with E-state index in [9.17, 15) is 48.3 Å². The smallest absolute Gasteiger partial charge is 0.416 e. The van der Waals surface area contributed by atoms with Crippen molar-refractivity contribution in [2.75, 3.05) is 13.7 Å². The van der Waals surface area contributed by atoms with Gasteiger partial charge < -0.3 is 49.2 Å². The lowest BCUT2D eigenvalue weighted by atomic mass is 9.92. The first-order valence-corrected chi connectivity index (χ1v) is 14.1. The number of ether oxygens (including phenoxy) is 5. The lowest BCUT2D eigenvalue weighted by Gasteiger charge is -2.35. The van der Waals surface area contributed by atoms with Gasteiger partial charge in [0.15, 0.2) is 47.4 Å². The van der Waals surface area contributed by atoms with Crippen LogP contribution in [0, 0.1) is 0 Å². The average Bonchev–Trinajstić information content (AvgIpc) is 3.04. The molecular formula is C33H25F3O12. The Morgan fingerprint density at radius 2 is 1.50 bits per heavy atom. The van der Waals surface area contributed by atoms with Crippen molar-refractivity contribution in [1.82, 2.24) is 0 Å². The van der Waals surface area contributed by atoms with Crippen molar-refractivity contribution in [3.63, 3.8) is 0 Å². The third-order valence-corrected chi connectivity index (χ3v) is 7.74. The maximum absolute atomic E-state index is 13.0. The number of aliphatic hydroxyl groups is 1. The van der Waals surface area contributed by atoms with Gasteiger partial charge in [0.2, 0.25) is 5.78 Å². The fourth-order valence-corrected chi connectivity index (χ4v) is 5.38. The monoisotopic (exact) mass is 670 g/mol. The fourth-order valence-electron chi connectivity index (χ4n) is 5.38. The molecule has 250 valence electrons. The number of benzene rings is 4. The molecule has 4 aromatic rings. The molecule has 2 heterocycles. The molecule has 15 heteroatoms. The molecule has 0 bridgehead atoms. The van der Waals surface area contributed by atoms with Crippen LogP contribution in [-0.2, 0) is 10.9 Å². The maximum atomic E-state index is 13.0. The minimum atomic E-state index is -4.74. The number of hydrogen-bond acceptors (Lipinski definition) is 12. The van der Waals surface area contributed by atoms with E-state index in [0.717, 1.165) is 18.2 Å². The summed E-state index contributed by atoms with van der Waals surface area (Å²) < 4.78 is 67.7. The van der Waals surface area contributed by atoms with Crippen molar-refractivity contribution in [2.24, 2.45) is 0 Å². The molecule has 12 nitrogen and oxygen atoms in total. The number of esters is 1. The summed E-state index contributed by atoms with van der Waals surface area (Å²) in [7, 11) is 1.32. The Bertz CT molecular complexity index is 1930. The molecule has 5 N–H and O–H groups in total. The number of phenols is 4. The van der Waals surface area contributed by atoms with E-state index in [2.05, 4.69) is 0 Å². The van der Waals surface area contributed by atoms with Crippen molar-refractivity contribution in [3.05, 3.63) is 94.5 Å². The molecule has 0 radical (unpaired) electrons. The van der Waals surface area contributed by atoms with Gasteiger partial charge in [0.1, 0.15) is 40.7 Å². The van der Waals surface area contributed by atoms with E-state index in [4.69, 9.17) is 23.7 Å². The molecule has 2 aliphatic heterocycles. The second-order valence-electron chi connectivity index (χ2n) is 10.8. The van der Waals surface area contributed by atoms with Crippen molar-refractivity contribution >= 4 is 11.8 Å². The lowest BCUT2D eigenvalue weighted by Crippen LogP contribution is -2.38. The van der Waals surface area contributed by atoms with Crippen LogP contribution in [0.5, 0.6) is 46.0 Å². The number of alkyl halides is 3. The molecule has 4 aromatic carbocycles. The van der Waals surface area contributed by atoms with Gasteiger partial charge in [-0.3, -0.25) is 4.79 Å². The molecule has 0 unspecified atom stereocenters. The highest BCUT2D eigenvalue weighted by Gasteiger charge is 2.41. The van der Waals surface area contributed by atoms with Crippen LogP contribution in [0.25, 0.3) is 0 Å². The van der Waals surface area contributed by atoms with Crippen LogP contribution in [0.2, 0.25) is 0 Å². The van der Waals surface area contributed by atoms with E-state index >= 15 is 0 Å². The summed E-state index contributed by atoms with van der Waals surface area (Å²) in [5.41, 5.74) is -1.35. The third-order valence-electron chi connectivity index (χ3n) is 7.74. The molecule has 0 saturated carbocycles. The summed E-state index contributed by atoms with van der Waals surface area (Å²) >= 11 is 0. The molecule has 0 saturated heterocycles. The summed E-state index contributed by atoms with van der Waals surface area (Å²) in [6.45, 7) is -0.517. The SMILES string of the molecule is COc1cc([C@@H]2Oc3cc([C@@H]4Oc5cc(O)cc(O)c5C(=O)[C@H]4O)ccc3O[C@H]2COC(=O)c2ccc(C(F)(F)F)cc2O)ccc1O. The Labute approximate surface area is 268 Å². The minimum Gasteiger partial charge on any atom is -0.508 e. The first-order valence-electron chi connectivity index (χ1n) is 14.1. The molecule has 0 fully saturated rings. The quantitative estimate of drug-likeness (QED) is 0.174. The number of ketones is 1. The Hall–Kier alpha value is -5.83. The first-order chi connectivity index (χ1) is 22.7. The molecule has 0 amide bonds. The topological polar surface area (TPSA) is 181 Å². The molecule has 6 rings (SSSR count). The number of carbonyl (C=O) groups excluding carboxylic acids is 2. The van der Waals surface area contributed by atoms with Gasteiger partial charge in [-0.1, -0.05) is 12.1 Å². The van der Waals surface area contributed by atoms with Gasteiger partial charge in [-0.25, -0.2) is 4.79 Å². The van der Waals surface area contributed by atoms with Crippen LogP contribution < -0.4 is 18.9 Å². The molecule has 0 spiro atoms. The van der Waals surface area contributed by atoms with E-state index in [1.165, 1.54) is 43.5 Å². The van der Waals surface area contributed by atoms with Crippen LogP contribution in [-0.4, -0.2) is 63.2 Å². The van der Waals surface area contributed by atoms with Crippen LogP contribution in [0.15, 0.2) is 66.7 Å². The number of hydrogen-bond donors (Lipinski definition) is 5. The molecule has 4 atom stereocenters. The average molecular weight is 671 g/mol. The van der Waals surface area contributed by atoms with Gasteiger partial charge in [0, 0.05) is 17.7 Å². The molecule has 48 heavy (non-hydrogen) atoms. The van der Waals surface area contributed by atoms with E-state index < -0.39 is 71.6 Å². The minimum absolute atomic E-state index is 0.0727. The Balaban J connectivity index is 1.29. The van der Waals surface area contributed by atoms with Crippen LogP contribution in [0.4, 0.5) is 13.2 Å². The zero-order valence-electron chi connectivity index (χ0n) is 24.6. The lowest BCUT2D eigenvalue weighted by molar-refractivity contribution is -0.137. The number of methoxy groups -OCH3 is 1. The number of carbonyl (C=O) groups is 2. The highest BCUT2D eigenvalue weighted by atomic mass is 19.4. The number of Topliss-reactive ketones (excluding diaryl/α,β-unsaturated/α-hetero) is 1. The van der Waals surface area contributed by atoms with E-state index in [1.807, 2.05) is 0 Å². The molecule has 0 aliphatic carbocycles. The van der Waals surface area contributed by atoms with Gasteiger partial charge in [0.25, 0.3) is 0 Å². The van der Waals surface area contributed by atoms with Crippen LogP contribution >= 0.6 is 0 Å². The van der Waals surface area contributed by atoms with Gasteiger partial charge in [-0.15, -0.1) is 0 Å². The zero-order valence-corrected chi connectivity index (χ0v) is 24.6. The Kier molecular flexibility index (Phi) is 8.08. The second kappa shape index (κ2) is 12.1. The number of aliphatic hydroxyl groups excluding tert-OH is 1. The molecular weight excluding hydrogens is 645 g/mol. The molecule has 0 aromatic heterocycles. The van der Waals surface area contributed by atoms with Crippen molar-refractivity contribution in [2.45, 2.75) is 30.6 Å². The van der Waals surface area contributed by atoms with Crippen molar-refractivity contribution < 1.29 is 72.0 Å². The summed E-state index contributed by atoms with van der Waals surface area (Å²) in [6, 6.07) is 12.5. The number of rotatable bonds is 6. The predicted molar refractivity (Wildman–Crippen MR) is 156 cm³/mol. The number of halogens is 3. The maximum Gasteiger partial charge on any atom is 0.416 e. The van der Waals surface area contributed by atoms with Gasteiger partial charge in [-0.05, 0) is 48.0 Å². The number of phenolic OH excluding ortho intramolecular Hbond substituents is 4. The standard InChI is InChI=1S/C33H25F3O12/c1-44-23-8-14(2-6-19(23)38)30-26(13-45-32(43)18-5-4-16(10-20(18)39)33(34,35)36)46-22-7-3-15(9-24(22)47-30)31-29(42)28(41)27-21(40)11-17(37)12-25(27)48-31/h2-12,26,29-31,37-40,42H,13H2,1H3/t26-,29+,30-,31-/m0/s1. The number of aromatic hydroxyl groups is 4. The Morgan fingerprint density at radius 3 is 2.21 bits per heavy atom. The molecule has 2 aliphatic rings. The van der Waals surface area contributed by atoms with Gasteiger partial charge in [0.05, 0.1) is 12.7 Å². The first kappa shape index (κ1) is 32.1. The third kappa shape index (κ3) is 5.90.